The minimum atomic E-state index is 0.161. The average molecular weight is 253 g/mol. The molecule has 94 valence electrons. The standard InChI is InChI=1S/C15H21ClO/c1-11(2)17-14-8-6-13(7-9-14)15(16)10-12-4-3-5-12/h6-9,11-12,15H,3-5,10H2,1-2H3. The summed E-state index contributed by atoms with van der Waals surface area (Å²) >= 11 is 6.43. The Morgan fingerprint density at radius 1 is 1.24 bits per heavy atom. The summed E-state index contributed by atoms with van der Waals surface area (Å²) < 4.78 is 5.62. The third-order valence-electron chi connectivity index (χ3n) is 3.38. The fourth-order valence-corrected chi connectivity index (χ4v) is 2.58. The smallest absolute Gasteiger partial charge is 0.119 e. The van der Waals surface area contributed by atoms with E-state index >= 15 is 0 Å². The van der Waals surface area contributed by atoms with Crippen LogP contribution in [-0.4, -0.2) is 6.10 Å². The van der Waals surface area contributed by atoms with Gasteiger partial charge in [-0.1, -0.05) is 31.4 Å². The monoisotopic (exact) mass is 252 g/mol. The molecule has 1 aromatic carbocycles. The normalized spacial score (nSPS) is 17.9. The summed E-state index contributed by atoms with van der Waals surface area (Å²) in [6.45, 7) is 4.07. The van der Waals surface area contributed by atoms with Crippen LogP contribution in [0.4, 0.5) is 0 Å². The first kappa shape index (κ1) is 12.8. The number of hydrogen-bond acceptors (Lipinski definition) is 1. The van der Waals surface area contributed by atoms with Gasteiger partial charge in [0.2, 0.25) is 0 Å². The molecule has 0 N–H and O–H groups in total. The van der Waals surface area contributed by atoms with Gasteiger partial charge in [-0.3, -0.25) is 0 Å². The van der Waals surface area contributed by atoms with Gasteiger partial charge in [-0.2, -0.15) is 0 Å². The van der Waals surface area contributed by atoms with E-state index in [0.717, 1.165) is 18.1 Å². The summed E-state index contributed by atoms with van der Waals surface area (Å²) in [5.41, 5.74) is 1.22. The zero-order valence-corrected chi connectivity index (χ0v) is 11.4. The van der Waals surface area contributed by atoms with E-state index in [1.165, 1.54) is 24.8 Å². The first-order valence-corrected chi connectivity index (χ1v) is 6.99. The van der Waals surface area contributed by atoms with Gasteiger partial charge in [0.15, 0.2) is 0 Å². The Bertz CT molecular complexity index is 340. The van der Waals surface area contributed by atoms with Gasteiger partial charge in [-0.15, -0.1) is 11.6 Å². The van der Waals surface area contributed by atoms with Gasteiger partial charge in [0, 0.05) is 0 Å². The molecule has 1 aliphatic carbocycles. The lowest BCUT2D eigenvalue weighted by atomic mass is 9.81. The minimum Gasteiger partial charge on any atom is -0.491 e. The summed E-state index contributed by atoms with van der Waals surface area (Å²) in [5.74, 6) is 1.78. The van der Waals surface area contributed by atoms with Crippen LogP contribution >= 0.6 is 11.6 Å². The Hall–Kier alpha value is -0.690. The zero-order valence-electron chi connectivity index (χ0n) is 10.7. The van der Waals surface area contributed by atoms with E-state index in [1.807, 2.05) is 26.0 Å². The molecule has 0 aromatic heterocycles. The highest BCUT2D eigenvalue weighted by Crippen LogP contribution is 2.37. The van der Waals surface area contributed by atoms with Crippen LogP contribution in [0, 0.1) is 5.92 Å². The third kappa shape index (κ3) is 3.64. The van der Waals surface area contributed by atoms with Crippen molar-refractivity contribution in [3.8, 4) is 5.75 Å². The van der Waals surface area contributed by atoms with Crippen molar-refractivity contribution < 1.29 is 4.74 Å². The maximum absolute atomic E-state index is 6.43. The van der Waals surface area contributed by atoms with Crippen molar-refractivity contribution in [2.45, 2.75) is 51.0 Å². The van der Waals surface area contributed by atoms with Crippen LogP contribution in [0.3, 0.4) is 0 Å². The number of alkyl halides is 1. The second-order valence-corrected chi connectivity index (χ2v) is 5.76. The maximum Gasteiger partial charge on any atom is 0.119 e. The van der Waals surface area contributed by atoms with Gasteiger partial charge < -0.3 is 4.74 Å². The molecule has 0 bridgehead atoms. The SMILES string of the molecule is CC(C)Oc1ccc(C(Cl)CC2CCC2)cc1. The molecule has 0 amide bonds. The van der Waals surface area contributed by atoms with Crippen molar-refractivity contribution in [3.05, 3.63) is 29.8 Å². The lowest BCUT2D eigenvalue weighted by Gasteiger charge is -2.27. The van der Waals surface area contributed by atoms with Gasteiger partial charge in [0.05, 0.1) is 11.5 Å². The first-order valence-electron chi connectivity index (χ1n) is 6.56. The lowest BCUT2D eigenvalue weighted by molar-refractivity contribution is 0.242. The quantitative estimate of drug-likeness (QED) is 0.674. The van der Waals surface area contributed by atoms with Crippen LogP contribution in [0.15, 0.2) is 24.3 Å². The molecule has 0 heterocycles. The van der Waals surface area contributed by atoms with Gasteiger partial charge in [0.25, 0.3) is 0 Å². The highest BCUT2D eigenvalue weighted by Gasteiger charge is 2.21. The van der Waals surface area contributed by atoms with E-state index in [1.54, 1.807) is 0 Å². The summed E-state index contributed by atoms with van der Waals surface area (Å²) in [6.07, 6.45) is 5.44. The molecular weight excluding hydrogens is 232 g/mol. The average Bonchev–Trinajstić information content (AvgIpc) is 2.23. The van der Waals surface area contributed by atoms with Crippen molar-refractivity contribution in [2.75, 3.05) is 0 Å². The maximum atomic E-state index is 6.43. The molecule has 1 nitrogen and oxygen atoms in total. The third-order valence-corrected chi connectivity index (χ3v) is 3.81. The fourth-order valence-electron chi connectivity index (χ4n) is 2.18. The molecule has 17 heavy (non-hydrogen) atoms. The molecular formula is C15H21ClO. The molecule has 1 aliphatic rings. The predicted molar refractivity (Wildman–Crippen MR) is 72.8 cm³/mol. The highest BCUT2D eigenvalue weighted by molar-refractivity contribution is 6.20. The Morgan fingerprint density at radius 3 is 2.35 bits per heavy atom. The van der Waals surface area contributed by atoms with Crippen molar-refractivity contribution in [1.82, 2.24) is 0 Å². The largest absolute Gasteiger partial charge is 0.491 e. The van der Waals surface area contributed by atoms with Crippen LogP contribution in [0.25, 0.3) is 0 Å². The molecule has 1 atom stereocenters. The summed E-state index contributed by atoms with van der Waals surface area (Å²) in [5, 5.41) is 0.161. The van der Waals surface area contributed by atoms with Gasteiger partial charge in [0.1, 0.15) is 5.75 Å². The summed E-state index contributed by atoms with van der Waals surface area (Å²) in [7, 11) is 0. The van der Waals surface area contributed by atoms with E-state index in [0.29, 0.717) is 0 Å². The van der Waals surface area contributed by atoms with E-state index < -0.39 is 0 Å². The first-order chi connectivity index (χ1) is 8.15. The highest BCUT2D eigenvalue weighted by atomic mass is 35.5. The topological polar surface area (TPSA) is 9.23 Å². The molecule has 1 aromatic rings. The van der Waals surface area contributed by atoms with Crippen LogP contribution in [0.1, 0.15) is 50.5 Å². The second-order valence-electron chi connectivity index (χ2n) is 5.24. The Morgan fingerprint density at radius 2 is 1.88 bits per heavy atom. The molecule has 1 fully saturated rings. The van der Waals surface area contributed by atoms with Crippen LogP contribution < -0.4 is 4.74 Å². The molecule has 0 spiro atoms. The molecule has 2 rings (SSSR count). The molecule has 2 heteroatoms. The van der Waals surface area contributed by atoms with Crippen LogP contribution in [0.5, 0.6) is 5.75 Å². The van der Waals surface area contributed by atoms with E-state index in [2.05, 4.69) is 12.1 Å². The van der Waals surface area contributed by atoms with E-state index in [-0.39, 0.29) is 11.5 Å². The molecule has 0 aliphatic heterocycles. The molecule has 1 saturated carbocycles. The molecule has 0 saturated heterocycles. The van der Waals surface area contributed by atoms with Crippen molar-refractivity contribution >= 4 is 11.6 Å². The van der Waals surface area contributed by atoms with Crippen LogP contribution in [-0.2, 0) is 0 Å². The van der Waals surface area contributed by atoms with Crippen LogP contribution in [0.2, 0.25) is 0 Å². The number of rotatable bonds is 5. The lowest BCUT2D eigenvalue weighted by Crippen LogP contribution is -2.13. The summed E-state index contributed by atoms with van der Waals surface area (Å²) in [6, 6.07) is 8.22. The fraction of sp³-hybridized carbons (Fsp3) is 0.600. The van der Waals surface area contributed by atoms with Crippen molar-refractivity contribution in [2.24, 2.45) is 5.92 Å². The number of ether oxygens (including phenoxy) is 1. The zero-order chi connectivity index (χ0) is 12.3. The van der Waals surface area contributed by atoms with E-state index in [4.69, 9.17) is 16.3 Å². The van der Waals surface area contributed by atoms with Crippen molar-refractivity contribution in [1.29, 1.82) is 0 Å². The van der Waals surface area contributed by atoms with Gasteiger partial charge in [-0.25, -0.2) is 0 Å². The molecule has 0 radical (unpaired) electrons. The van der Waals surface area contributed by atoms with Gasteiger partial charge >= 0.3 is 0 Å². The van der Waals surface area contributed by atoms with E-state index in [9.17, 15) is 0 Å². The Kier molecular flexibility index (Phi) is 4.33. The Balaban J connectivity index is 1.91. The Labute approximate surface area is 109 Å². The predicted octanol–water partition coefficient (Wildman–Crippen LogP) is 4.94. The number of hydrogen-bond donors (Lipinski definition) is 0. The molecule has 1 unspecified atom stereocenters. The minimum absolute atomic E-state index is 0.161. The number of halogens is 1. The summed E-state index contributed by atoms with van der Waals surface area (Å²) in [4.78, 5) is 0. The van der Waals surface area contributed by atoms with Gasteiger partial charge in [-0.05, 0) is 43.9 Å². The second kappa shape index (κ2) is 5.77. The number of benzene rings is 1. The van der Waals surface area contributed by atoms with Crippen molar-refractivity contribution in [3.63, 3.8) is 0 Å².